The van der Waals surface area contributed by atoms with Gasteiger partial charge in [0.1, 0.15) is 4.83 Å². The number of carbonyl (C=O) groups excluding carboxylic acids is 1. The van der Waals surface area contributed by atoms with Crippen LogP contribution in [0.1, 0.15) is 20.8 Å². The molecule has 0 aliphatic heterocycles. The van der Waals surface area contributed by atoms with Crippen LogP contribution < -0.4 is 10.9 Å². The van der Waals surface area contributed by atoms with Crippen LogP contribution in [0.2, 0.25) is 0 Å². The van der Waals surface area contributed by atoms with Crippen LogP contribution >= 0.6 is 23.1 Å². The van der Waals surface area contributed by atoms with E-state index in [2.05, 4.69) is 29.1 Å². The van der Waals surface area contributed by atoms with E-state index in [0.29, 0.717) is 21.3 Å². The zero-order valence-corrected chi connectivity index (χ0v) is 16.5. The van der Waals surface area contributed by atoms with Gasteiger partial charge in [0.25, 0.3) is 5.56 Å². The number of aromatic amines is 1. The number of nitrogens with one attached hydrogen (secondary N) is 2. The molecule has 0 aliphatic rings. The molecule has 0 fully saturated rings. The first-order valence-corrected chi connectivity index (χ1v) is 10.3. The highest BCUT2D eigenvalue weighted by atomic mass is 32.2. The molecular weight excluding hydrogens is 366 g/mol. The average Bonchev–Trinajstić information content (AvgIpc) is 3.05. The van der Waals surface area contributed by atoms with Gasteiger partial charge >= 0.3 is 0 Å². The van der Waals surface area contributed by atoms with Crippen molar-refractivity contribution in [1.29, 1.82) is 0 Å². The zero-order chi connectivity index (χ0) is 18.7. The lowest BCUT2D eigenvalue weighted by atomic mass is 10.1. The van der Waals surface area contributed by atoms with Gasteiger partial charge in [-0.15, -0.1) is 11.3 Å². The van der Waals surface area contributed by atoms with E-state index in [1.54, 1.807) is 0 Å². The Balaban J connectivity index is 1.78. The normalized spacial score (nSPS) is 12.5. The highest BCUT2D eigenvalue weighted by Crippen LogP contribution is 2.31. The molecule has 136 valence electrons. The molecular formula is C19H21N3O2S2. The zero-order valence-electron chi connectivity index (χ0n) is 14.9. The molecule has 1 atom stereocenters. The molecule has 0 saturated heterocycles. The Morgan fingerprint density at radius 1 is 1.27 bits per heavy atom. The van der Waals surface area contributed by atoms with Gasteiger partial charge < -0.3 is 10.3 Å². The summed E-state index contributed by atoms with van der Waals surface area (Å²) in [5.74, 6) is 0.540. The first-order valence-electron chi connectivity index (χ1n) is 8.45. The Bertz CT molecular complexity index is 964. The highest BCUT2D eigenvalue weighted by Gasteiger charge is 2.15. The standard InChI is InChI=1S/C19H21N3O2S2/c1-11(2)12(3)20-15(23)10-26-19-21-17(24)16-14(9-25-18(16)22-19)13-7-5-4-6-8-13/h4-9,11-12H,10H2,1-3H3,(H,20,23)(H,21,22,24)/t12-/m1/s1. The molecule has 1 amide bonds. The van der Waals surface area contributed by atoms with Crippen molar-refractivity contribution in [1.82, 2.24) is 15.3 Å². The van der Waals surface area contributed by atoms with Crippen molar-refractivity contribution < 1.29 is 4.79 Å². The minimum atomic E-state index is -0.173. The number of fused-ring (bicyclic) bond motifs is 1. The molecule has 7 heteroatoms. The third kappa shape index (κ3) is 4.16. The SMILES string of the molecule is CC(C)[C@@H](C)NC(=O)CSc1nc2scc(-c3ccccc3)c2c(=O)[nH]1. The predicted molar refractivity (Wildman–Crippen MR) is 109 cm³/mol. The summed E-state index contributed by atoms with van der Waals surface area (Å²) in [6.07, 6.45) is 0. The number of rotatable bonds is 6. The number of H-pyrrole nitrogens is 1. The number of aromatic nitrogens is 2. The Hall–Kier alpha value is -2.12. The van der Waals surface area contributed by atoms with Gasteiger partial charge in [0.15, 0.2) is 5.16 Å². The largest absolute Gasteiger partial charge is 0.353 e. The number of amides is 1. The van der Waals surface area contributed by atoms with Crippen LogP contribution in [0.3, 0.4) is 0 Å². The average molecular weight is 388 g/mol. The molecule has 2 heterocycles. The maximum absolute atomic E-state index is 12.6. The number of nitrogens with zero attached hydrogens (tertiary/aromatic N) is 1. The van der Waals surface area contributed by atoms with Crippen molar-refractivity contribution in [3.05, 3.63) is 46.1 Å². The summed E-state index contributed by atoms with van der Waals surface area (Å²) in [5.41, 5.74) is 1.71. The monoisotopic (exact) mass is 387 g/mol. The number of thiophene rings is 1. The lowest BCUT2D eigenvalue weighted by Crippen LogP contribution is -2.37. The summed E-state index contributed by atoms with van der Waals surface area (Å²) in [6.45, 7) is 6.11. The quantitative estimate of drug-likeness (QED) is 0.497. The van der Waals surface area contributed by atoms with Crippen molar-refractivity contribution >= 4 is 39.2 Å². The number of hydrogen-bond acceptors (Lipinski definition) is 5. The number of carbonyl (C=O) groups is 1. The molecule has 0 radical (unpaired) electrons. The minimum absolute atomic E-state index is 0.0601. The summed E-state index contributed by atoms with van der Waals surface area (Å²) >= 11 is 2.69. The molecule has 0 saturated carbocycles. The summed E-state index contributed by atoms with van der Waals surface area (Å²) < 4.78 is 0. The van der Waals surface area contributed by atoms with E-state index in [1.165, 1.54) is 23.1 Å². The predicted octanol–water partition coefficient (Wildman–Crippen LogP) is 3.90. The second-order valence-electron chi connectivity index (χ2n) is 6.46. The molecule has 26 heavy (non-hydrogen) atoms. The summed E-state index contributed by atoms with van der Waals surface area (Å²) in [5, 5.41) is 5.97. The molecule has 2 N–H and O–H groups in total. The molecule has 0 spiro atoms. The van der Waals surface area contributed by atoms with Gasteiger partial charge in [-0.05, 0) is 18.4 Å². The van der Waals surface area contributed by atoms with Crippen LogP contribution in [0.4, 0.5) is 0 Å². The van der Waals surface area contributed by atoms with E-state index in [9.17, 15) is 9.59 Å². The summed E-state index contributed by atoms with van der Waals surface area (Å²) in [6, 6.07) is 9.90. The topological polar surface area (TPSA) is 74.8 Å². The third-order valence-electron chi connectivity index (χ3n) is 4.24. The van der Waals surface area contributed by atoms with Crippen molar-refractivity contribution in [3.63, 3.8) is 0 Å². The van der Waals surface area contributed by atoms with Crippen molar-refractivity contribution in [3.8, 4) is 11.1 Å². The lowest BCUT2D eigenvalue weighted by molar-refractivity contribution is -0.119. The second-order valence-corrected chi connectivity index (χ2v) is 8.28. The highest BCUT2D eigenvalue weighted by molar-refractivity contribution is 7.99. The van der Waals surface area contributed by atoms with Crippen LogP contribution in [0.15, 0.2) is 45.7 Å². The Morgan fingerprint density at radius 3 is 2.69 bits per heavy atom. The van der Waals surface area contributed by atoms with Crippen molar-refractivity contribution in [2.75, 3.05) is 5.75 Å². The van der Waals surface area contributed by atoms with Crippen LogP contribution in [0.25, 0.3) is 21.3 Å². The molecule has 0 unspecified atom stereocenters. The van der Waals surface area contributed by atoms with Gasteiger partial charge in [-0.1, -0.05) is 55.9 Å². The maximum Gasteiger partial charge on any atom is 0.260 e. The molecule has 1 aromatic carbocycles. The fourth-order valence-electron chi connectivity index (χ4n) is 2.42. The summed E-state index contributed by atoms with van der Waals surface area (Å²) in [7, 11) is 0. The van der Waals surface area contributed by atoms with Crippen molar-refractivity contribution in [2.24, 2.45) is 5.92 Å². The lowest BCUT2D eigenvalue weighted by Gasteiger charge is -2.16. The fraction of sp³-hybridized carbons (Fsp3) is 0.316. The number of benzene rings is 1. The molecule has 0 aliphatic carbocycles. The van der Waals surface area contributed by atoms with E-state index >= 15 is 0 Å². The van der Waals surface area contributed by atoms with E-state index in [1.807, 2.05) is 42.6 Å². The number of hydrogen-bond donors (Lipinski definition) is 2. The minimum Gasteiger partial charge on any atom is -0.353 e. The van der Waals surface area contributed by atoms with Gasteiger partial charge in [0, 0.05) is 17.0 Å². The van der Waals surface area contributed by atoms with Gasteiger partial charge in [0.05, 0.1) is 11.1 Å². The maximum atomic E-state index is 12.6. The van der Waals surface area contributed by atoms with Gasteiger partial charge in [-0.25, -0.2) is 4.98 Å². The smallest absolute Gasteiger partial charge is 0.260 e. The third-order valence-corrected chi connectivity index (χ3v) is 5.98. The molecule has 3 rings (SSSR count). The van der Waals surface area contributed by atoms with Crippen LogP contribution in [0.5, 0.6) is 0 Å². The van der Waals surface area contributed by atoms with E-state index in [4.69, 9.17) is 0 Å². The van der Waals surface area contributed by atoms with E-state index in [0.717, 1.165) is 11.1 Å². The van der Waals surface area contributed by atoms with Crippen LogP contribution in [-0.4, -0.2) is 27.7 Å². The Kier molecular flexibility index (Phi) is 5.78. The molecule has 2 aromatic heterocycles. The molecule has 5 nitrogen and oxygen atoms in total. The molecule has 0 bridgehead atoms. The number of thioether (sulfide) groups is 1. The van der Waals surface area contributed by atoms with Gasteiger partial charge in [-0.2, -0.15) is 0 Å². The summed E-state index contributed by atoms with van der Waals surface area (Å²) in [4.78, 5) is 32.6. The fourth-order valence-corrected chi connectivity index (χ4v) is 4.10. The Morgan fingerprint density at radius 2 is 2.00 bits per heavy atom. The van der Waals surface area contributed by atoms with E-state index in [-0.39, 0.29) is 23.3 Å². The van der Waals surface area contributed by atoms with Crippen LogP contribution in [-0.2, 0) is 4.79 Å². The molecule has 3 aromatic rings. The van der Waals surface area contributed by atoms with Crippen molar-refractivity contribution in [2.45, 2.75) is 32.0 Å². The second kappa shape index (κ2) is 8.05. The van der Waals surface area contributed by atoms with Gasteiger partial charge in [-0.3, -0.25) is 9.59 Å². The first-order chi connectivity index (χ1) is 12.5. The van der Waals surface area contributed by atoms with E-state index < -0.39 is 0 Å². The van der Waals surface area contributed by atoms with Gasteiger partial charge in [0.2, 0.25) is 5.91 Å². The Labute approximate surface area is 160 Å². The van der Waals surface area contributed by atoms with Crippen LogP contribution in [0, 0.1) is 5.92 Å². The first kappa shape index (κ1) is 18.7.